The predicted octanol–water partition coefficient (Wildman–Crippen LogP) is 4.91. The molecule has 0 bridgehead atoms. The number of ether oxygens (including phenoxy) is 2. The van der Waals surface area contributed by atoms with Crippen LogP contribution < -0.4 is 9.47 Å². The molecule has 0 heterocycles. The fraction of sp³-hybridized carbons (Fsp3) is 0.318. The van der Waals surface area contributed by atoms with Crippen LogP contribution in [0.25, 0.3) is 6.08 Å². The molecule has 5 nitrogen and oxygen atoms in total. The summed E-state index contributed by atoms with van der Waals surface area (Å²) in [5.41, 5.74) is 1.49. The second-order valence-corrected chi connectivity index (χ2v) is 8.32. The number of unbranched alkanes of at least 4 members (excludes halogenated alkanes) is 2. The monoisotopic (exact) mass is 399 g/mol. The van der Waals surface area contributed by atoms with Crippen LogP contribution in [-0.2, 0) is 9.84 Å². The standard InChI is InChI=1S/C22H25NO4S/c1-4-5-6-13-27-21-12-9-18(15-22(21)26-3)14-20(16-23)28(24,25)19-10-7-17(2)8-11-19/h7-12,14-15H,4-6,13H2,1-3H3/b20-14+. The molecular formula is C22H25NO4S. The Morgan fingerprint density at radius 3 is 2.43 bits per heavy atom. The molecule has 0 aliphatic rings. The maximum atomic E-state index is 12.8. The molecule has 6 heteroatoms. The molecule has 2 aromatic carbocycles. The van der Waals surface area contributed by atoms with E-state index in [1.54, 1.807) is 36.4 Å². The van der Waals surface area contributed by atoms with Crippen molar-refractivity contribution in [2.45, 2.75) is 38.0 Å². The van der Waals surface area contributed by atoms with Gasteiger partial charge < -0.3 is 9.47 Å². The lowest BCUT2D eigenvalue weighted by atomic mass is 10.2. The van der Waals surface area contributed by atoms with E-state index in [2.05, 4.69) is 6.92 Å². The highest BCUT2D eigenvalue weighted by Gasteiger charge is 2.21. The van der Waals surface area contributed by atoms with Gasteiger partial charge in [0.1, 0.15) is 11.0 Å². The molecule has 28 heavy (non-hydrogen) atoms. The van der Waals surface area contributed by atoms with Gasteiger partial charge in [0.15, 0.2) is 11.5 Å². The minimum Gasteiger partial charge on any atom is -0.493 e. The zero-order valence-electron chi connectivity index (χ0n) is 16.4. The summed E-state index contributed by atoms with van der Waals surface area (Å²) in [5.74, 6) is 1.09. The van der Waals surface area contributed by atoms with Gasteiger partial charge >= 0.3 is 0 Å². The maximum absolute atomic E-state index is 12.8. The van der Waals surface area contributed by atoms with Crippen LogP contribution in [0.15, 0.2) is 52.3 Å². The van der Waals surface area contributed by atoms with E-state index in [9.17, 15) is 13.7 Å². The molecule has 0 fully saturated rings. The van der Waals surface area contributed by atoms with Crippen molar-refractivity contribution in [2.75, 3.05) is 13.7 Å². The number of hydrogen-bond acceptors (Lipinski definition) is 5. The molecule has 0 aliphatic heterocycles. The van der Waals surface area contributed by atoms with E-state index in [-0.39, 0.29) is 9.80 Å². The van der Waals surface area contributed by atoms with Crippen molar-refractivity contribution in [3.05, 3.63) is 58.5 Å². The number of aryl methyl sites for hydroxylation is 1. The van der Waals surface area contributed by atoms with Gasteiger partial charge in [-0.25, -0.2) is 8.42 Å². The summed E-state index contributed by atoms with van der Waals surface area (Å²) in [7, 11) is -2.36. The minimum absolute atomic E-state index is 0.0914. The molecule has 0 radical (unpaired) electrons. The first-order valence-electron chi connectivity index (χ1n) is 9.16. The predicted molar refractivity (Wildman–Crippen MR) is 110 cm³/mol. The molecule has 0 N–H and O–H groups in total. The SMILES string of the molecule is CCCCCOc1ccc(/C=C(\C#N)S(=O)(=O)c2ccc(C)cc2)cc1OC. The Morgan fingerprint density at radius 2 is 1.82 bits per heavy atom. The molecule has 0 saturated carbocycles. The van der Waals surface area contributed by atoms with Gasteiger partial charge in [0, 0.05) is 0 Å². The normalized spacial score (nSPS) is 11.7. The van der Waals surface area contributed by atoms with Gasteiger partial charge in [-0.2, -0.15) is 5.26 Å². The van der Waals surface area contributed by atoms with Crippen LogP contribution in [0.5, 0.6) is 11.5 Å². The second-order valence-electron chi connectivity index (χ2n) is 6.40. The highest BCUT2D eigenvalue weighted by Crippen LogP contribution is 2.30. The molecule has 0 amide bonds. The summed E-state index contributed by atoms with van der Waals surface area (Å²) in [5, 5.41) is 9.43. The molecule has 0 spiro atoms. The number of nitrogens with zero attached hydrogens (tertiary/aromatic N) is 1. The Kier molecular flexibility index (Phi) is 7.65. The average molecular weight is 400 g/mol. The van der Waals surface area contributed by atoms with Crippen molar-refractivity contribution in [1.82, 2.24) is 0 Å². The van der Waals surface area contributed by atoms with Crippen molar-refractivity contribution in [3.8, 4) is 17.6 Å². The van der Waals surface area contributed by atoms with Crippen molar-refractivity contribution >= 4 is 15.9 Å². The second kappa shape index (κ2) is 9.95. The molecular weight excluding hydrogens is 374 g/mol. The Balaban J connectivity index is 2.31. The number of sulfone groups is 1. The van der Waals surface area contributed by atoms with Gasteiger partial charge in [-0.05, 0) is 49.2 Å². The maximum Gasteiger partial charge on any atom is 0.216 e. The summed E-state index contributed by atoms with van der Waals surface area (Å²) in [6, 6.07) is 13.3. The van der Waals surface area contributed by atoms with Gasteiger partial charge in [-0.1, -0.05) is 43.5 Å². The van der Waals surface area contributed by atoms with E-state index in [1.807, 2.05) is 6.92 Å². The summed E-state index contributed by atoms with van der Waals surface area (Å²) < 4.78 is 36.6. The first-order valence-corrected chi connectivity index (χ1v) is 10.6. The molecule has 0 aromatic heterocycles. The van der Waals surface area contributed by atoms with Crippen LogP contribution in [0.3, 0.4) is 0 Å². The lowest BCUT2D eigenvalue weighted by Crippen LogP contribution is -2.03. The van der Waals surface area contributed by atoms with Crippen molar-refractivity contribution < 1.29 is 17.9 Å². The third kappa shape index (κ3) is 5.37. The van der Waals surface area contributed by atoms with Gasteiger partial charge in [0.05, 0.1) is 18.6 Å². The minimum atomic E-state index is -3.89. The number of allylic oxidation sites excluding steroid dienone is 1. The quantitative estimate of drug-likeness (QED) is 0.442. The molecule has 0 aliphatic carbocycles. The lowest BCUT2D eigenvalue weighted by molar-refractivity contribution is 0.286. The zero-order chi connectivity index (χ0) is 20.6. The molecule has 148 valence electrons. The highest BCUT2D eigenvalue weighted by molar-refractivity contribution is 7.95. The number of rotatable bonds is 9. The Hall–Kier alpha value is -2.78. The van der Waals surface area contributed by atoms with E-state index in [0.29, 0.717) is 23.7 Å². The van der Waals surface area contributed by atoms with Gasteiger partial charge in [-0.15, -0.1) is 0 Å². The van der Waals surface area contributed by atoms with Crippen molar-refractivity contribution in [3.63, 3.8) is 0 Å². The van der Waals surface area contributed by atoms with Gasteiger partial charge in [0.2, 0.25) is 9.84 Å². The molecule has 2 rings (SSSR count). The summed E-state index contributed by atoms with van der Waals surface area (Å²) in [6.07, 6.45) is 4.50. The third-order valence-electron chi connectivity index (χ3n) is 4.22. The number of hydrogen-bond donors (Lipinski definition) is 0. The zero-order valence-corrected chi connectivity index (χ0v) is 17.3. The van der Waals surface area contributed by atoms with E-state index in [1.165, 1.54) is 25.3 Å². The number of benzene rings is 2. The smallest absolute Gasteiger partial charge is 0.216 e. The van der Waals surface area contributed by atoms with Crippen molar-refractivity contribution in [2.24, 2.45) is 0 Å². The first kappa shape index (κ1) is 21.5. The van der Waals surface area contributed by atoms with E-state index >= 15 is 0 Å². The molecule has 0 saturated heterocycles. The van der Waals surface area contributed by atoms with Gasteiger partial charge in [0.25, 0.3) is 0 Å². The Labute approximate surface area is 167 Å². The first-order chi connectivity index (χ1) is 13.4. The average Bonchev–Trinajstić information content (AvgIpc) is 2.70. The van der Waals surface area contributed by atoms with E-state index in [4.69, 9.17) is 9.47 Å². The summed E-state index contributed by atoms with van der Waals surface area (Å²) >= 11 is 0. The summed E-state index contributed by atoms with van der Waals surface area (Å²) in [6.45, 7) is 4.58. The lowest BCUT2D eigenvalue weighted by Gasteiger charge is -2.11. The molecule has 0 atom stereocenters. The van der Waals surface area contributed by atoms with Crippen LogP contribution in [0, 0.1) is 18.3 Å². The van der Waals surface area contributed by atoms with Crippen LogP contribution in [-0.4, -0.2) is 22.1 Å². The van der Waals surface area contributed by atoms with Gasteiger partial charge in [-0.3, -0.25) is 0 Å². The Morgan fingerprint density at radius 1 is 1.11 bits per heavy atom. The fourth-order valence-electron chi connectivity index (χ4n) is 2.59. The Bertz CT molecular complexity index is 971. The summed E-state index contributed by atoms with van der Waals surface area (Å²) in [4.78, 5) is -0.233. The van der Waals surface area contributed by atoms with Crippen LogP contribution in [0.4, 0.5) is 0 Å². The van der Waals surface area contributed by atoms with Crippen LogP contribution in [0.2, 0.25) is 0 Å². The number of methoxy groups -OCH3 is 1. The van der Waals surface area contributed by atoms with Crippen LogP contribution in [0.1, 0.15) is 37.3 Å². The largest absolute Gasteiger partial charge is 0.493 e. The van der Waals surface area contributed by atoms with Crippen molar-refractivity contribution in [1.29, 1.82) is 5.26 Å². The topological polar surface area (TPSA) is 76.4 Å². The van der Waals surface area contributed by atoms with Crippen LogP contribution >= 0.6 is 0 Å². The third-order valence-corrected chi connectivity index (χ3v) is 5.90. The van der Waals surface area contributed by atoms with E-state index in [0.717, 1.165) is 24.8 Å². The molecule has 0 unspecified atom stereocenters. The number of nitriles is 1. The molecule has 2 aromatic rings. The van der Waals surface area contributed by atoms with E-state index < -0.39 is 9.84 Å². The fourth-order valence-corrected chi connectivity index (χ4v) is 3.75. The highest BCUT2D eigenvalue weighted by atomic mass is 32.2.